The Morgan fingerprint density at radius 1 is 1.53 bits per heavy atom. The van der Waals surface area contributed by atoms with Crippen LogP contribution in [0.15, 0.2) is 18.2 Å². The maximum absolute atomic E-state index is 9.09. The Hall–Kier alpha value is -0.710. The lowest BCUT2D eigenvalue weighted by Crippen LogP contribution is -2.30. The number of thioether (sulfide) groups is 1. The van der Waals surface area contributed by atoms with E-state index in [0.29, 0.717) is 11.2 Å². The Kier molecular flexibility index (Phi) is 5.13. The molecule has 0 aromatic heterocycles. The Morgan fingerprint density at radius 2 is 2.32 bits per heavy atom. The molecule has 0 aliphatic heterocycles. The van der Waals surface area contributed by atoms with Gasteiger partial charge in [-0.15, -0.1) is 0 Å². The fourth-order valence-corrected chi connectivity index (χ4v) is 3.78. The summed E-state index contributed by atoms with van der Waals surface area (Å²) in [6.07, 6.45) is 2.16. The second kappa shape index (κ2) is 6.64. The number of aliphatic hydroxyl groups is 1. The van der Waals surface area contributed by atoms with Gasteiger partial charge in [-0.1, -0.05) is 13.0 Å². The van der Waals surface area contributed by atoms with E-state index in [1.807, 2.05) is 17.8 Å². The SMILES string of the molecule is COc1ccc2c(c1)CCC(SCC(C)CO)C2N. The minimum atomic E-state index is 0.0885. The van der Waals surface area contributed by atoms with Gasteiger partial charge in [-0.3, -0.25) is 0 Å². The lowest BCUT2D eigenvalue weighted by Gasteiger charge is -2.31. The van der Waals surface area contributed by atoms with Gasteiger partial charge in [0.2, 0.25) is 0 Å². The van der Waals surface area contributed by atoms with Gasteiger partial charge < -0.3 is 15.6 Å². The largest absolute Gasteiger partial charge is 0.497 e. The number of hydrogen-bond donors (Lipinski definition) is 2. The van der Waals surface area contributed by atoms with Gasteiger partial charge in [0.1, 0.15) is 5.75 Å². The van der Waals surface area contributed by atoms with E-state index >= 15 is 0 Å². The van der Waals surface area contributed by atoms with E-state index < -0.39 is 0 Å². The first-order valence-corrected chi connectivity index (χ1v) is 7.85. The molecule has 3 nitrogen and oxygen atoms in total. The van der Waals surface area contributed by atoms with Crippen molar-refractivity contribution in [3.63, 3.8) is 0 Å². The Bertz CT molecular complexity index is 425. The van der Waals surface area contributed by atoms with Crippen molar-refractivity contribution in [3.05, 3.63) is 29.3 Å². The lowest BCUT2D eigenvalue weighted by atomic mass is 9.87. The molecule has 0 radical (unpaired) electrons. The monoisotopic (exact) mass is 281 g/mol. The molecule has 2 rings (SSSR count). The van der Waals surface area contributed by atoms with Crippen LogP contribution in [0.2, 0.25) is 0 Å². The molecule has 0 saturated heterocycles. The maximum atomic E-state index is 9.09. The van der Waals surface area contributed by atoms with E-state index in [1.54, 1.807) is 7.11 Å². The molecule has 0 heterocycles. The first-order chi connectivity index (χ1) is 9.15. The molecule has 19 heavy (non-hydrogen) atoms. The normalized spacial score (nSPS) is 23.8. The number of fused-ring (bicyclic) bond motifs is 1. The van der Waals surface area contributed by atoms with Gasteiger partial charge in [0.05, 0.1) is 7.11 Å². The number of nitrogens with two attached hydrogens (primary N) is 1. The van der Waals surface area contributed by atoms with E-state index in [0.717, 1.165) is 24.3 Å². The van der Waals surface area contributed by atoms with Crippen LogP contribution in [0.4, 0.5) is 0 Å². The Labute approximate surface area is 119 Å². The van der Waals surface area contributed by atoms with Crippen molar-refractivity contribution in [1.82, 2.24) is 0 Å². The number of aryl methyl sites for hydroxylation is 1. The number of hydrogen-bond acceptors (Lipinski definition) is 4. The van der Waals surface area contributed by atoms with Crippen LogP contribution in [0, 0.1) is 5.92 Å². The zero-order valence-electron chi connectivity index (χ0n) is 11.6. The van der Waals surface area contributed by atoms with Crippen LogP contribution < -0.4 is 10.5 Å². The molecule has 0 bridgehead atoms. The van der Waals surface area contributed by atoms with Crippen LogP contribution >= 0.6 is 11.8 Å². The lowest BCUT2D eigenvalue weighted by molar-refractivity contribution is 0.250. The van der Waals surface area contributed by atoms with Crippen LogP contribution in [-0.4, -0.2) is 29.8 Å². The molecule has 3 atom stereocenters. The fraction of sp³-hybridized carbons (Fsp3) is 0.600. The number of methoxy groups -OCH3 is 1. The number of rotatable bonds is 5. The predicted octanol–water partition coefficient (Wildman–Crippen LogP) is 2.37. The highest BCUT2D eigenvalue weighted by Crippen LogP contribution is 2.37. The molecule has 4 heteroatoms. The summed E-state index contributed by atoms with van der Waals surface area (Å²) in [5.41, 5.74) is 8.96. The van der Waals surface area contributed by atoms with Crippen molar-refractivity contribution in [2.24, 2.45) is 11.7 Å². The molecule has 1 aliphatic rings. The summed E-state index contributed by atoms with van der Waals surface area (Å²) in [7, 11) is 1.69. The van der Waals surface area contributed by atoms with Crippen molar-refractivity contribution in [1.29, 1.82) is 0 Å². The maximum Gasteiger partial charge on any atom is 0.119 e. The number of ether oxygens (including phenoxy) is 1. The van der Waals surface area contributed by atoms with Gasteiger partial charge in [-0.25, -0.2) is 0 Å². The average molecular weight is 281 g/mol. The average Bonchev–Trinajstić information content (AvgIpc) is 2.45. The van der Waals surface area contributed by atoms with E-state index in [2.05, 4.69) is 19.1 Å². The topological polar surface area (TPSA) is 55.5 Å². The second-order valence-corrected chi connectivity index (χ2v) is 6.56. The van der Waals surface area contributed by atoms with E-state index in [4.69, 9.17) is 15.6 Å². The fourth-order valence-electron chi connectivity index (χ4n) is 2.46. The zero-order chi connectivity index (χ0) is 13.8. The number of benzene rings is 1. The summed E-state index contributed by atoms with van der Waals surface area (Å²) < 4.78 is 5.26. The molecular formula is C15H23NO2S. The van der Waals surface area contributed by atoms with Crippen LogP contribution in [0.1, 0.15) is 30.5 Å². The summed E-state index contributed by atoms with van der Waals surface area (Å²) in [4.78, 5) is 0. The van der Waals surface area contributed by atoms with Crippen molar-refractivity contribution in [2.45, 2.75) is 31.1 Å². The van der Waals surface area contributed by atoms with Crippen LogP contribution in [0.25, 0.3) is 0 Å². The van der Waals surface area contributed by atoms with Crippen LogP contribution in [0.5, 0.6) is 5.75 Å². The van der Waals surface area contributed by atoms with Gasteiger partial charge in [-0.05, 0) is 47.8 Å². The molecule has 1 aromatic carbocycles. The van der Waals surface area contributed by atoms with Crippen LogP contribution in [0.3, 0.4) is 0 Å². The molecule has 3 N–H and O–H groups in total. The third-order valence-electron chi connectivity index (χ3n) is 3.71. The Balaban J connectivity index is 2.05. The van der Waals surface area contributed by atoms with E-state index in [9.17, 15) is 0 Å². The molecule has 0 spiro atoms. The highest BCUT2D eigenvalue weighted by Gasteiger charge is 2.27. The molecule has 106 valence electrons. The molecule has 0 fully saturated rings. The summed E-state index contributed by atoms with van der Waals surface area (Å²) in [6, 6.07) is 6.28. The smallest absolute Gasteiger partial charge is 0.119 e. The van der Waals surface area contributed by atoms with Gasteiger partial charge >= 0.3 is 0 Å². The highest BCUT2D eigenvalue weighted by atomic mass is 32.2. The van der Waals surface area contributed by atoms with Gasteiger partial charge in [-0.2, -0.15) is 11.8 Å². The van der Waals surface area contributed by atoms with E-state index in [1.165, 1.54) is 11.1 Å². The third-order valence-corrected chi connectivity index (χ3v) is 5.43. The molecular weight excluding hydrogens is 258 g/mol. The third kappa shape index (κ3) is 3.44. The molecule has 0 amide bonds. The van der Waals surface area contributed by atoms with Gasteiger partial charge in [0, 0.05) is 17.9 Å². The summed E-state index contributed by atoms with van der Waals surface area (Å²) >= 11 is 1.90. The second-order valence-electron chi connectivity index (χ2n) is 5.29. The summed E-state index contributed by atoms with van der Waals surface area (Å²) in [5, 5.41) is 9.54. The van der Waals surface area contributed by atoms with Gasteiger partial charge in [0.15, 0.2) is 0 Å². The molecule has 1 aromatic rings. The Morgan fingerprint density at radius 3 is 3.00 bits per heavy atom. The minimum Gasteiger partial charge on any atom is -0.497 e. The minimum absolute atomic E-state index is 0.0885. The summed E-state index contributed by atoms with van der Waals surface area (Å²) in [6.45, 7) is 2.32. The first kappa shape index (κ1) is 14.7. The molecule has 1 aliphatic carbocycles. The zero-order valence-corrected chi connectivity index (χ0v) is 12.5. The van der Waals surface area contributed by atoms with E-state index in [-0.39, 0.29) is 12.6 Å². The predicted molar refractivity (Wildman–Crippen MR) is 80.7 cm³/mol. The standard InChI is InChI=1S/C15H23NO2S/c1-10(8-17)9-19-14-6-3-11-7-12(18-2)4-5-13(11)15(14)16/h4-5,7,10,14-15,17H,3,6,8-9,16H2,1-2H3. The highest BCUT2D eigenvalue weighted by molar-refractivity contribution is 7.99. The van der Waals surface area contributed by atoms with Crippen molar-refractivity contribution in [3.8, 4) is 5.75 Å². The van der Waals surface area contributed by atoms with Crippen LogP contribution in [-0.2, 0) is 6.42 Å². The first-order valence-electron chi connectivity index (χ1n) is 6.80. The van der Waals surface area contributed by atoms with Gasteiger partial charge in [0.25, 0.3) is 0 Å². The van der Waals surface area contributed by atoms with Crippen molar-refractivity contribution < 1.29 is 9.84 Å². The summed E-state index contributed by atoms with van der Waals surface area (Å²) in [5.74, 6) is 2.22. The molecule has 0 saturated carbocycles. The quantitative estimate of drug-likeness (QED) is 0.870. The van der Waals surface area contributed by atoms with Crippen molar-refractivity contribution in [2.75, 3.05) is 19.5 Å². The number of aliphatic hydroxyl groups excluding tert-OH is 1. The molecule has 3 unspecified atom stereocenters. The van der Waals surface area contributed by atoms with Crippen molar-refractivity contribution >= 4 is 11.8 Å².